The van der Waals surface area contributed by atoms with E-state index in [1.807, 2.05) is 34.7 Å². The van der Waals surface area contributed by atoms with Crippen LogP contribution in [0.25, 0.3) is 0 Å². The van der Waals surface area contributed by atoms with Gasteiger partial charge in [-0.1, -0.05) is 0 Å². The number of carbonyl (C=O) groups is 1. The van der Waals surface area contributed by atoms with Gasteiger partial charge in [-0.15, -0.1) is 0 Å². The maximum absolute atomic E-state index is 10.9. The molecule has 0 aliphatic heterocycles. The highest BCUT2D eigenvalue weighted by Gasteiger charge is 2.16. The van der Waals surface area contributed by atoms with Crippen LogP contribution < -0.4 is 10.5 Å². The van der Waals surface area contributed by atoms with Gasteiger partial charge >= 0.3 is 5.97 Å². The number of halogens is 3. The fourth-order valence-electron chi connectivity index (χ4n) is 1.84. The smallest absolute Gasteiger partial charge is 0.320 e. The van der Waals surface area contributed by atoms with Crippen molar-refractivity contribution in [2.45, 2.75) is 12.5 Å². The van der Waals surface area contributed by atoms with E-state index in [1.165, 1.54) is 0 Å². The molecule has 9 heteroatoms. The van der Waals surface area contributed by atoms with Gasteiger partial charge in [0.2, 0.25) is 0 Å². The fourth-order valence-corrected chi connectivity index (χ4v) is 4.44. The largest absolute Gasteiger partial charge is 0.507 e. The lowest BCUT2D eigenvalue weighted by molar-refractivity contribution is -0.138. The fraction of sp³-hybridized carbons (Fsp3) is 0.133. The van der Waals surface area contributed by atoms with Gasteiger partial charge in [-0.2, -0.15) is 0 Å². The first kappa shape index (κ1) is 22.5. The van der Waals surface area contributed by atoms with Crippen molar-refractivity contribution in [3.8, 4) is 17.2 Å². The number of hydrogen-bond donors (Lipinski definition) is 3. The van der Waals surface area contributed by atoms with Crippen molar-refractivity contribution in [2.75, 3.05) is 0 Å². The molecule has 2 aromatic rings. The molecule has 0 heterocycles. The molecule has 0 amide bonds. The summed E-state index contributed by atoms with van der Waals surface area (Å²) in [5.74, 6) is 0.507. The SMILES string of the molecule is N[C@@H](Cc1cc(I)c(Oc2ccc(O)c(I)c2)c(I)c1)C(=O)O.[Mg]. The van der Waals surface area contributed by atoms with E-state index in [4.69, 9.17) is 15.6 Å². The molecule has 2 rings (SSSR count). The third-order valence-electron chi connectivity index (χ3n) is 2.97. The maximum atomic E-state index is 10.9. The van der Waals surface area contributed by atoms with Crippen LogP contribution in [0.4, 0.5) is 0 Å². The number of ether oxygens (including phenoxy) is 1. The van der Waals surface area contributed by atoms with Gasteiger partial charge in [0.05, 0.1) is 10.7 Å². The zero-order valence-corrected chi connectivity index (χ0v) is 20.2. The first-order valence-corrected chi connectivity index (χ1v) is 9.64. The zero-order chi connectivity index (χ0) is 17.1. The third kappa shape index (κ3) is 6.00. The average Bonchev–Trinajstić information content (AvgIpc) is 2.46. The molecule has 5 nitrogen and oxygen atoms in total. The van der Waals surface area contributed by atoms with Crippen LogP contribution in [-0.4, -0.2) is 45.3 Å². The number of phenolic OH excluding ortho intramolecular Hbond substituents is 1. The van der Waals surface area contributed by atoms with E-state index in [0.29, 0.717) is 15.1 Å². The van der Waals surface area contributed by atoms with E-state index in [2.05, 4.69) is 45.2 Å². The van der Waals surface area contributed by atoms with Crippen molar-refractivity contribution in [1.82, 2.24) is 0 Å². The molecule has 0 aliphatic rings. The number of aromatic hydroxyl groups is 1. The summed E-state index contributed by atoms with van der Waals surface area (Å²) in [6, 6.07) is 7.83. The highest BCUT2D eigenvalue weighted by molar-refractivity contribution is 14.1. The molecule has 0 fully saturated rings. The van der Waals surface area contributed by atoms with E-state index in [-0.39, 0.29) is 35.2 Å². The number of rotatable bonds is 5. The number of hydrogen-bond acceptors (Lipinski definition) is 4. The predicted octanol–water partition coefficient (Wildman–Crippen LogP) is 3.57. The van der Waals surface area contributed by atoms with Gasteiger partial charge in [-0.25, -0.2) is 0 Å². The minimum Gasteiger partial charge on any atom is -0.507 e. The molecule has 0 aliphatic carbocycles. The van der Waals surface area contributed by atoms with Crippen LogP contribution in [-0.2, 0) is 11.2 Å². The summed E-state index contributed by atoms with van der Waals surface area (Å²) in [6.07, 6.45) is 0.263. The molecule has 4 N–H and O–H groups in total. The van der Waals surface area contributed by atoms with Gasteiger partial charge in [0.15, 0.2) is 5.75 Å². The first-order chi connectivity index (χ1) is 10.8. The Morgan fingerprint density at radius 1 is 1.12 bits per heavy atom. The normalized spacial score (nSPS) is 11.5. The number of carboxylic acids is 1. The monoisotopic (exact) mass is 675 g/mol. The molecule has 2 aromatic carbocycles. The maximum Gasteiger partial charge on any atom is 0.320 e. The van der Waals surface area contributed by atoms with Crippen molar-refractivity contribution in [2.24, 2.45) is 5.73 Å². The van der Waals surface area contributed by atoms with Gasteiger partial charge in [-0.05, 0) is 110 Å². The van der Waals surface area contributed by atoms with Crippen molar-refractivity contribution in [1.29, 1.82) is 0 Å². The van der Waals surface area contributed by atoms with Gasteiger partial charge in [0.1, 0.15) is 17.5 Å². The van der Waals surface area contributed by atoms with Gasteiger partial charge < -0.3 is 20.7 Å². The summed E-state index contributed by atoms with van der Waals surface area (Å²) in [4.78, 5) is 10.9. The van der Waals surface area contributed by atoms with E-state index in [9.17, 15) is 9.90 Å². The second-order valence-corrected chi connectivity index (χ2v) is 8.24. The highest BCUT2D eigenvalue weighted by Crippen LogP contribution is 2.34. The van der Waals surface area contributed by atoms with E-state index in [1.54, 1.807) is 18.2 Å². The Morgan fingerprint density at radius 3 is 2.21 bits per heavy atom. The van der Waals surface area contributed by atoms with Crippen molar-refractivity contribution in [3.05, 3.63) is 46.6 Å². The Kier molecular flexibility index (Phi) is 9.31. The average molecular weight is 675 g/mol. The predicted molar refractivity (Wildman–Crippen MR) is 118 cm³/mol. The minimum atomic E-state index is -1.02. The number of aliphatic carboxylic acids is 1. The summed E-state index contributed by atoms with van der Waals surface area (Å²) in [5.41, 5.74) is 6.43. The molecular weight excluding hydrogens is 663 g/mol. The molecule has 0 unspecified atom stereocenters. The van der Waals surface area contributed by atoms with Crippen LogP contribution in [0.1, 0.15) is 5.56 Å². The van der Waals surface area contributed by atoms with E-state index < -0.39 is 12.0 Å². The topological polar surface area (TPSA) is 92.8 Å². The van der Waals surface area contributed by atoms with Gasteiger partial charge in [0, 0.05) is 23.1 Å². The highest BCUT2D eigenvalue weighted by atomic mass is 127. The van der Waals surface area contributed by atoms with Gasteiger partial charge in [0.25, 0.3) is 0 Å². The third-order valence-corrected chi connectivity index (χ3v) is 5.44. The molecule has 2 radical (unpaired) electrons. The Hall–Kier alpha value is 0.426. The van der Waals surface area contributed by atoms with Crippen molar-refractivity contribution >= 4 is 96.8 Å². The first-order valence-electron chi connectivity index (χ1n) is 6.40. The summed E-state index contributed by atoms with van der Waals surface area (Å²) in [7, 11) is 0. The molecule has 24 heavy (non-hydrogen) atoms. The van der Waals surface area contributed by atoms with Crippen LogP contribution in [0.15, 0.2) is 30.3 Å². The molecule has 1 atom stereocenters. The quantitative estimate of drug-likeness (QED) is 0.333. The van der Waals surface area contributed by atoms with Crippen molar-refractivity contribution in [3.63, 3.8) is 0 Å². The lowest BCUT2D eigenvalue weighted by Gasteiger charge is -2.13. The van der Waals surface area contributed by atoms with Crippen LogP contribution in [0, 0.1) is 10.7 Å². The summed E-state index contributed by atoms with van der Waals surface area (Å²) in [6.45, 7) is 0. The van der Waals surface area contributed by atoms with E-state index in [0.717, 1.165) is 12.7 Å². The molecule has 0 saturated carbocycles. The van der Waals surface area contributed by atoms with Crippen LogP contribution in [0.2, 0.25) is 0 Å². The number of carboxylic acid groups (broad SMARTS) is 1. The van der Waals surface area contributed by atoms with Crippen LogP contribution in [0.5, 0.6) is 17.2 Å². The van der Waals surface area contributed by atoms with Crippen LogP contribution in [0.3, 0.4) is 0 Å². The number of benzene rings is 2. The molecule has 0 saturated heterocycles. The second kappa shape index (κ2) is 9.94. The summed E-state index contributed by atoms with van der Waals surface area (Å²) in [5, 5.41) is 18.5. The standard InChI is InChI=1S/C15H12I3NO4.Mg/c16-9-6-8(1-2-13(9)20)23-14-10(17)3-7(4-11(14)18)5-12(19)15(21)22;/h1-4,6,12,20H,5,19H2,(H,21,22);/t12-;/m0./s1. The molecule has 0 bridgehead atoms. The van der Waals surface area contributed by atoms with Crippen molar-refractivity contribution < 1.29 is 19.7 Å². The minimum absolute atomic E-state index is 0. The van der Waals surface area contributed by atoms with E-state index >= 15 is 0 Å². The molecular formula is C15H12I3MgNO4. The Morgan fingerprint density at radius 2 is 1.71 bits per heavy atom. The lowest BCUT2D eigenvalue weighted by Crippen LogP contribution is -2.32. The Bertz CT molecular complexity index is 734. The molecule has 0 aromatic heterocycles. The Labute approximate surface area is 196 Å². The zero-order valence-electron chi connectivity index (χ0n) is 12.3. The summed E-state index contributed by atoms with van der Waals surface area (Å²) >= 11 is 6.33. The van der Waals surface area contributed by atoms with Gasteiger partial charge in [-0.3, -0.25) is 4.79 Å². The molecule has 0 spiro atoms. The second-order valence-electron chi connectivity index (χ2n) is 4.75. The molecule has 124 valence electrons. The summed E-state index contributed by atoms with van der Waals surface area (Å²) < 4.78 is 8.34. The van der Waals surface area contributed by atoms with Crippen LogP contribution >= 0.6 is 67.8 Å². The number of nitrogens with two attached hydrogens (primary N) is 1. The Balaban J connectivity index is 0.00000288. The number of phenols is 1. The lowest BCUT2D eigenvalue weighted by atomic mass is 10.1.